The lowest BCUT2D eigenvalue weighted by atomic mass is 9.44. The Hall–Kier alpha value is -0.0800. The van der Waals surface area contributed by atoms with Crippen molar-refractivity contribution >= 4 is 0 Å². The minimum atomic E-state index is 0.169. The predicted octanol–water partition coefficient (Wildman–Crippen LogP) is 7.64. The first-order chi connectivity index (χ1) is 14.7. The van der Waals surface area contributed by atoms with E-state index in [9.17, 15) is 0 Å². The van der Waals surface area contributed by atoms with Crippen LogP contribution in [0.15, 0.2) is 0 Å². The summed E-state index contributed by atoms with van der Waals surface area (Å²) in [4.78, 5) is 0. The summed E-state index contributed by atoms with van der Waals surface area (Å²) in [7, 11) is 0. The molecule has 1 saturated heterocycles. The van der Waals surface area contributed by atoms with Crippen LogP contribution in [0.1, 0.15) is 112 Å². The third-order valence-corrected chi connectivity index (χ3v) is 11.6. The average Bonchev–Trinajstić information content (AvgIpc) is 3.29. The van der Waals surface area contributed by atoms with Gasteiger partial charge in [-0.2, -0.15) is 0 Å². The fraction of sp³-hybridized carbons (Fsp3) is 1.00. The summed E-state index contributed by atoms with van der Waals surface area (Å²) >= 11 is 0. The highest BCUT2D eigenvalue weighted by atomic mass is 16.6. The number of hydrogen-bond donors (Lipinski definition) is 0. The first kappa shape index (κ1) is 22.7. The number of fused-ring (bicyclic) bond motifs is 4. The van der Waals surface area contributed by atoms with Crippen LogP contribution in [0.4, 0.5) is 0 Å². The van der Waals surface area contributed by atoms with Gasteiger partial charge in [0, 0.05) is 18.4 Å². The topological polar surface area (TPSA) is 21.8 Å². The van der Waals surface area contributed by atoms with Crippen molar-refractivity contribution in [3.8, 4) is 0 Å². The second kappa shape index (κ2) is 8.00. The molecule has 0 aromatic heterocycles. The Kier molecular flexibility index (Phi) is 5.86. The molecule has 0 amide bonds. The zero-order valence-corrected chi connectivity index (χ0v) is 21.4. The highest BCUT2D eigenvalue weighted by Crippen LogP contribution is 2.74. The molecule has 5 aliphatic rings. The molecule has 0 radical (unpaired) electrons. The minimum absolute atomic E-state index is 0.169. The van der Waals surface area contributed by atoms with Crippen LogP contribution < -0.4 is 0 Å². The standard InChI is InChI=1S/C29H50O2/c1-7-30-21-13-16-28(6)25-14-15-27(5)23(20(4)10-8-9-19(2)3)11-12-24(27)22(25)17-26-29(28,18-21)31-26/h19-26H,7-18H2,1-6H3/t20?,21-,22-,23+,24-,25-,26-,27+,28+,29?/m0/s1. The maximum Gasteiger partial charge on any atom is 0.103 e. The van der Waals surface area contributed by atoms with Crippen LogP contribution in [0.5, 0.6) is 0 Å². The maximum atomic E-state index is 6.69. The van der Waals surface area contributed by atoms with Crippen LogP contribution in [-0.2, 0) is 9.47 Å². The molecule has 0 bridgehead atoms. The molecule has 0 aromatic carbocycles. The van der Waals surface area contributed by atoms with E-state index in [1.54, 1.807) is 0 Å². The van der Waals surface area contributed by atoms with E-state index in [-0.39, 0.29) is 5.60 Å². The quantitative estimate of drug-likeness (QED) is 0.387. The van der Waals surface area contributed by atoms with E-state index in [1.165, 1.54) is 70.6 Å². The second-order valence-electron chi connectivity index (χ2n) is 13.4. The van der Waals surface area contributed by atoms with Crippen LogP contribution in [-0.4, -0.2) is 24.4 Å². The van der Waals surface area contributed by atoms with Crippen LogP contribution in [0.25, 0.3) is 0 Å². The summed E-state index contributed by atoms with van der Waals surface area (Å²) < 4.78 is 12.8. The molecule has 5 fully saturated rings. The average molecular weight is 431 g/mol. The zero-order valence-electron chi connectivity index (χ0n) is 21.4. The molecule has 1 aliphatic heterocycles. The predicted molar refractivity (Wildman–Crippen MR) is 128 cm³/mol. The molecular formula is C29H50O2. The molecule has 4 aliphatic carbocycles. The highest BCUT2D eigenvalue weighted by Gasteiger charge is 2.76. The van der Waals surface area contributed by atoms with E-state index < -0.39 is 0 Å². The second-order valence-corrected chi connectivity index (χ2v) is 13.4. The smallest absolute Gasteiger partial charge is 0.103 e. The van der Waals surface area contributed by atoms with Crippen LogP contribution in [0.2, 0.25) is 0 Å². The molecule has 178 valence electrons. The van der Waals surface area contributed by atoms with E-state index in [4.69, 9.17) is 9.47 Å². The molecule has 2 nitrogen and oxygen atoms in total. The van der Waals surface area contributed by atoms with Gasteiger partial charge in [-0.3, -0.25) is 0 Å². The summed E-state index contributed by atoms with van der Waals surface area (Å²) in [6.07, 6.45) is 16.3. The third-order valence-electron chi connectivity index (χ3n) is 11.6. The summed E-state index contributed by atoms with van der Waals surface area (Å²) in [5, 5.41) is 0. The Morgan fingerprint density at radius 1 is 0.968 bits per heavy atom. The van der Waals surface area contributed by atoms with Gasteiger partial charge in [-0.15, -0.1) is 0 Å². The van der Waals surface area contributed by atoms with Crippen molar-refractivity contribution < 1.29 is 9.47 Å². The fourth-order valence-corrected chi connectivity index (χ4v) is 10.0. The molecule has 10 atom stereocenters. The fourth-order valence-electron chi connectivity index (χ4n) is 10.0. The molecule has 31 heavy (non-hydrogen) atoms. The van der Waals surface area contributed by atoms with Gasteiger partial charge in [-0.1, -0.05) is 53.9 Å². The Morgan fingerprint density at radius 3 is 2.52 bits per heavy atom. The van der Waals surface area contributed by atoms with E-state index in [0.29, 0.717) is 23.0 Å². The van der Waals surface area contributed by atoms with Crippen molar-refractivity contribution in [2.24, 2.45) is 46.3 Å². The van der Waals surface area contributed by atoms with Gasteiger partial charge in [0.2, 0.25) is 0 Å². The number of ether oxygens (including phenoxy) is 2. The summed E-state index contributed by atoms with van der Waals surface area (Å²) in [5.74, 6) is 5.48. The van der Waals surface area contributed by atoms with Gasteiger partial charge < -0.3 is 9.47 Å². The Bertz CT molecular complexity index is 659. The van der Waals surface area contributed by atoms with Crippen molar-refractivity contribution in [1.29, 1.82) is 0 Å². The SMILES string of the molecule is CCO[C@H]1CC[C@]2(C)[C@H]3CC[C@]4(C)[C@@H](C(C)CCCC(C)C)CC[C@H]4[C@@H]3C[C@@H]3OC32C1. The molecule has 1 heterocycles. The van der Waals surface area contributed by atoms with Gasteiger partial charge in [0.25, 0.3) is 0 Å². The summed E-state index contributed by atoms with van der Waals surface area (Å²) in [5.41, 5.74) is 1.16. The molecule has 4 saturated carbocycles. The van der Waals surface area contributed by atoms with Crippen molar-refractivity contribution in [1.82, 2.24) is 0 Å². The van der Waals surface area contributed by atoms with Gasteiger partial charge in [-0.25, -0.2) is 0 Å². The Balaban J connectivity index is 1.31. The lowest BCUT2D eigenvalue weighted by Crippen LogP contribution is -2.58. The lowest BCUT2D eigenvalue weighted by molar-refractivity contribution is -0.124. The number of rotatable bonds is 7. The van der Waals surface area contributed by atoms with Gasteiger partial charge in [0.1, 0.15) is 5.60 Å². The van der Waals surface area contributed by atoms with Crippen molar-refractivity contribution in [2.45, 2.75) is 130 Å². The molecule has 5 rings (SSSR count). The van der Waals surface area contributed by atoms with Crippen LogP contribution in [0, 0.1) is 46.3 Å². The molecule has 0 aromatic rings. The monoisotopic (exact) mass is 430 g/mol. The van der Waals surface area contributed by atoms with Gasteiger partial charge in [-0.05, 0) is 92.8 Å². The molecule has 1 spiro atoms. The van der Waals surface area contributed by atoms with Gasteiger partial charge in [0.05, 0.1) is 12.2 Å². The first-order valence-corrected chi connectivity index (χ1v) is 14.0. The minimum Gasteiger partial charge on any atom is -0.378 e. The van der Waals surface area contributed by atoms with Gasteiger partial charge in [0.15, 0.2) is 0 Å². The Labute approximate surface area is 192 Å². The lowest BCUT2D eigenvalue weighted by Gasteiger charge is -2.59. The Morgan fingerprint density at radius 2 is 1.77 bits per heavy atom. The highest BCUT2D eigenvalue weighted by molar-refractivity contribution is 5.24. The van der Waals surface area contributed by atoms with E-state index >= 15 is 0 Å². The van der Waals surface area contributed by atoms with Crippen molar-refractivity contribution in [2.75, 3.05) is 6.61 Å². The third kappa shape index (κ3) is 3.39. The van der Waals surface area contributed by atoms with Gasteiger partial charge >= 0.3 is 0 Å². The van der Waals surface area contributed by atoms with Crippen LogP contribution in [0.3, 0.4) is 0 Å². The van der Waals surface area contributed by atoms with Crippen molar-refractivity contribution in [3.63, 3.8) is 0 Å². The number of hydrogen-bond acceptors (Lipinski definition) is 2. The normalized spacial score (nSPS) is 51.6. The molecular weight excluding hydrogens is 380 g/mol. The van der Waals surface area contributed by atoms with E-state index in [2.05, 4.69) is 41.5 Å². The largest absolute Gasteiger partial charge is 0.378 e. The van der Waals surface area contributed by atoms with E-state index in [1.807, 2.05) is 0 Å². The van der Waals surface area contributed by atoms with Crippen molar-refractivity contribution in [3.05, 3.63) is 0 Å². The number of epoxide rings is 1. The van der Waals surface area contributed by atoms with Crippen LogP contribution >= 0.6 is 0 Å². The first-order valence-electron chi connectivity index (χ1n) is 14.0. The summed E-state index contributed by atoms with van der Waals surface area (Å²) in [6.45, 7) is 15.7. The van der Waals surface area contributed by atoms with E-state index in [0.717, 1.165) is 42.1 Å². The zero-order chi connectivity index (χ0) is 22.0. The molecule has 2 heteroatoms. The summed E-state index contributed by atoms with van der Waals surface area (Å²) in [6, 6.07) is 0. The molecule has 2 unspecified atom stereocenters. The molecule has 0 N–H and O–H groups in total. The maximum absolute atomic E-state index is 6.69.